The summed E-state index contributed by atoms with van der Waals surface area (Å²) in [7, 11) is -2.40. The molecule has 2 aromatic carbocycles. The van der Waals surface area contributed by atoms with Crippen LogP contribution in [0.5, 0.6) is 0 Å². The molecule has 10 nitrogen and oxygen atoms in total. The molecule has 0 saturated heterocycles. The zero-order chi connectivity index (χ0) is 24.6. The smallest absolute Gasteiger partial charge is 0.480 e. The van der Waals surface area contributed by atoms with Gasteiger partial charge in [-0.1, -0.05) is 23.2 Å². The van der Waals surface area contributed by atoms with E-state index in [0.717, 1.165) is 4.90 Å². The van der Waals surface area contributed by atoms with E-state index < -0.39 is 38.6 Å². The number of hydrogen-bond acceptors (Lipinski definition) is 7. The zero-order valence-corrected chi connectivity index (χ0v) is 19.1. The number of hydrogen-bond donors (Lipinski definition) is 4. The Morgan fingerprint density at radius 1 is 0.941 bits per heavy atom. The van der Waals surface area contributed by atoms with Crippen LogP contribution >= 0.6 is 23.2 Å². The first-order chi connectivity index (χ1) is 16.2. The second-order valence-corrected chi connectivity index (χ2v) is 8.57. The molecule has 2 heterocycles. The molecule has 176 valence electrons. The van der Waals surface area contributed by atoms with Crippen molar-refractivity contribution in [3.8, 4) is 0 Å². The van der Waals surface area contributed by atoms with Crippen LogP contribution in [0.4, 0.5) is 0 Å². The molecule has 2 aliphatic rings. The summed E-state index contributed by atoms with van der Waals surface area (Å²) in [5, 5.41) is 32.1. The molecule has 0 fully saturated rings. The van der Waals surface area contributed by atoms with Crippen molar-refractivity contribution in [2.24, 2.45) is 0 Å². The molecule has 4 N–H and O–H groups in total. The Balaban J connectivity index is 1.45. The van der Waals surface area contributed by atoms with Gasteiger partial charge in [0.25, 0.3) is 11.8 Å². The van der Waals surface area contributed by atoms with E-state index in [1.807, 2.05) is 0 Å². The number of benzene rings is 2. The number of amides is 2. The Labute approximate surface area is 204 Å². The van der Waals surface area contributed by atoms with Crippen molar-refractivity contribution in [2.75, 3.05) is 19.6 Å². The van der Waals surface area contributed by atoms with Gasteiger partial charge < -0.3 is 34.7 Å². The maximum absolute atomic E-state index is 13.0. The van der Waals surface area contributed by atoms with Gasteiger partial charge in [0, 0.05) is 34.3 Å². The first-order valence-electron chi connectivity index (χ1n) is 10.2. The highest BCUT2D eigenvalue weighted by Crippen LogP contribution is 2.23. The molecule has 0 bridgehead atoms. The van der Waals surface area contributed by atoms with Gasteiger partial charge in [0.05, 0.1) is 13.2 Å². The number of carbonyl (C=O) groups excluding carboxylic acids is 2. The molecular weight excluding hydrogens is 489 g/mol. The number of nitrogens with zero attached hydrogens (tertiary/aromatic N) is 1. The normalized spacial score (nSPS) is 14.1. The maximum atomic E-state index is 13.0. The van der Waals surface area contributed by atoms with Crippen molar-refractivity contribution in [3.05, 3.63) is 56.6 Å². The average Bonchev–Trinajstić information content (AvgIpc) is 3.35. The van der Waals surface area contributed by atoms with Crippen molar-refractivity contribution in [1.82, 2.24) is 10.2 Å². The Morgan fingerprint density at radius 2 is 1.47 bits per heavy atom. The highest BCUT2D eigenvalue weighted by atomic mass is 35.5. The van der Waals surface area contributed by atoms with Crippen LogP contribution in [0.3, 0.4) is 0 Å². The first-order valence-corrected chi connectivity index (χ1v) is 10.9. The highest BCUT2D eigenvalue weighted by Gasteiger charge is 2.32. The summed E-state index contributed by atoms with van der Waals surface area (Å²) >= 11 is 12.4. The lowest BCUT2D eigenvalue weighted by molar-refractivity contribution is -0.137. The molecule has 2 amide bonds. The maximum Gasteiger partial charge on any atom is 0.491 e. The Morgan fingerprint density at radius 3 is 2.03 bits per heavy atom. The van der Waals surface area contributed by atoms with Gasteiger partial charge in [0.15, 0.2) is 0 Å². The molecule has 0 radical (unpaired) electrons. The minimum atomic E-state index is -1.24. The molecule has 0 saturated carbocycles. The van der Waals surface area contributed by atoms with Crippen LogP contribution in [0.15, 0.2) is 24.3 Å². The van der Waals surface area contributed by atoms with Crippen LogP contribution in [0.25, 0.3) is 0 Å². The standard InChI is InChI=1S/C20H18B2Cl2N2O8/c23-16-5-10(3-14-12(16)8-33-21(14)31)19(29)25-1-2-26(7-18(27)28)20(30)11-4-15-13(17(24)6-11)9-34-22(15)32/h3-6,31-32H,1-2,7-9H2,(H,25,29)(H,27,28). The summed E-state index contributed by atoms with van der Waals surface area (Å²) in [6.45, 7) is -0.550. The van der Waals surface area contributed by atoms with E-state index >= 15 is 0 Å². The van der Waals surface area contributed by atoms with Crippen LogP contribution in [0.2, 0.25) is 10.0 Å². The number of carboxylic acid groups (broad SMARTS) is 1. The van der Waals surface area contributed by atoms with E-state index in [1.54, 1.807) is 0 Å². The topological polar surface area (TPSA) is 146 Å². The quantitative estimate of drug-likeness (QED) is 0.364. The van der Waals surface area contributed by atoms with E-state index in [9.17, 15) is 29.5 Å². The van der Waals surface area contributed by atoms with Gasteiger partial charge in [-0.05, 0) is 46.3 Å². The second kappa shape index (κ2) is 9.95. The van der Waals surface area contributed by atoms with Gasteiger partial charge in [0.1, 0.15) is 6.54 Å². The third kappa shape index (κ3) is 4.92. The van der Waals surface area contributed by atoms with Gasteiger partial charge in [-0.3, -0.25) is 14.4 Å². The summed E-state index contributed by atoms with van der Waals surface area (Å²) in [6, 6.07) is 5.71. The lowest BCUT2D eigenvalue weighted by atomic mass is 9.78. The van der Waals surface area contributed by atoms with Gasteiger partial charge >= 0.3 is 20.2 Å². The Bertz CT molecular complexity index is 1180. The van der Waals surface area contributed by atoms with E-state index in [4.69, 9.17) is 32.5 Å². The van der Waals surface area contributed by atoms with E-state index in [2.05, 4.69) is 5.32 Å². The van der Waals surface area contributed by atoms with Crippen LogP contribution < -0.4 is 16.2 Å². The fraction of sp³-hybridized carbons (Fsp3) is 0.250. The molecule has 0 unspecified atom stereocenters. The van der Waals surface area contributed by atoms with E-state index in [0.29, 0.717) is 22.1 Å². The minimum absolute atomic E-state index is 0.0595. The number of carbonyl (C=O) groups is 3. The van der Waals surface area contributed by atoms with Crippen molar-refractivity contribution in [1.29, 1.82) is 0 Å². The van der Waals surface area contributed by atoms with Crippen molar-refractivity contribution < 1.29 is 38.8 Å². The summed E-state index contributed by atoms with van der Waals surface area (Å²) in [5.74, 6) is -2.40. The predicted octanol–water partition coefficient (Wildman–Crippen LogP) is -0.614. The first kappa shape index (κ1) is 24.5. The molecule has 0 aliphatic carbocycles. The molecule has 0 atom stereocenters. The van der Waals surface area contributed by atoms with Crippen molar-refractivity contribution in [3.63, 3.8) is 0 Å². The largest absolute Gasteiger partial charge is 0.491 e. The Kier molecular flexibility index (Phi) is 7.17. The fourth-order valence-electron chi connectivity index (χ4n) is 3.82. The average molecular weight is 507 g/mol. The second-order valence-electron chi connectivity index (χ2n) is 7.75. The van der Waals surface area contributed by atoms with Crippen molar-refractivity contribution >= 4 is 66.1 Å². The molecule has 4 rings (SSSR count). The van der Waals surface area contributed by atoms with Gasteiger partial charge in [-0.2, -0.15) is 0 Å². The fourth-order valence-corrected chi connectivity index (χ4v) is 4.39. The van der Waals surface area contributed by atoms with Crippen LogP contribution in [0, 0.1) is 0 Å². The van der Waals surface area contributed by atoms with Gasteiger partial charge in [-0.15, -0.1) is 0 Å². The van der Waals surface area contributed by atoms with E-state index in [-0.39, 0.29) is 47.5 Å². The lowest BCUT2D eigenvalue weighted by Gasteiger charge is -2.21. The Hall–Kier alpha value is -2.60. The summed E-state index contributed by atoms with van der Waals surface area (Å²) < 4.78 is 10.2. The third-order valence-corrected chi connectivity index (χ3v) is 6.23. The number of nitrogens with one attached hydrogen (secondary N) is 1. The number of halogens is 2. The number of aliphatic carboxylic acids is 1. The van der Waals surface area contributed by atoms with Crippen LogP contribution in [-0.4, -0.2) is 71.7 Å². The number of rotatable bonds is 7. The summed E-state index contributed by atoms with van der Waals surface area (Å²) in [6.07, 6.45) is 0. The molecule has 14 heteroatoms. The lowest BCUT2D eigenvalue weighted by Crippen LogP contribution is -2.42. The predicted molar refractivity (Wildman–Crippen MR) is 124 cm³/mol. The summed E-state index contributed by atoms with van der Waals surface area (Å²) in [4.78, 5) is 38.0. The van der Waals surface area contributed by atoms with Gasteiger partial charge in [0.2, 0.25) is 0 Å². The third-order valence-electron chi connectivity index (χ3n) is 5.55. The molecule has 34 heavy (non-hydrogen) atoms. The SMILES string of the molecule is O=C(O)CN(CCNC(=O)c1cc(Cl)c2c(c1)B(O)OC2)C(=O)c1cc(Cl)c2c(c1)B(O)OC2. The van der Waals surface area contributed by atoms with Crippen molar-refractivity contribution in [2.45, 2.75) is 13.2 Å². The molecule has 2 aromatic rings. The van der Waals surface area contributed by atoms with E-state index in [1.165, 1.54) is 24.3 Å². The molecule has 0 aromatic heterocycles. The highest BCUT2D eigenvalue weighted by molar-refractivity contribution is 6.62. The summed E-state index contributed by atoms with van der Waals surface area (Å²) in [5.41, 5.74) is 2.18. The monoisotopic (exact) mass is 506 g/mol. The minimum Gasteiger partial charge on any atom is -0.480 e. The molecule has 2 aliphatic heterocycles. The molecular formula is C20H18B2Cl2N2O8. The number of carboxylic acids is 1. The number of fused-ring (bicyclic) bond motifs is 2. The van der Waals surface area contributed by atoms with Gasteiger partial charge in [-0.25, -0.2) is 0 Å². The van der Waals surface area contributed by atoms with Crippen LogP contribution in [-0.2, 0) is 27.3 Å². The van der Waals surface area contributed by atoms with Crippen LogP contribution in [0.1, 0.15) is 31.8 Å². The molecule has 0 spiro atoms. The zero-order valence-electron chi connectivity index (χ0n) is 17.6.